The third-order valence-corrected chi connectivity index (χ3v) is 4.17. The van der Waals surface area contributed by atoms with Crippen molar-refractivity contribution in [1.82, 2.24) is 0 Å². The molecule has 4 nitrogen and oxygen atoms in total. The summed E-state index contributed by atoms with van der Waals surface area (Å²) in [5.74, 6) is -1.74. The molecule has 0 radical (unpaired) electrons. The van der Waals surface area contributed by atoms with Crippen molar-refractivity contribution >= 4 is 11.9 Å². The molecule has 0 fully saturated rings. The zero-order valence-corrected chi connectivity index (χ0v) is 18.5. The van der Waals surface area contributed by atoms with Crippen LogP contribution in [0.3, 0.4) is 0 Å². The Labute approximate surface area is 171 Å². The van der Waals surface area contributed by atoms with Crippen LogP contribution in [0.2, 0.25) is 0 Å². The number of hydrogen-bond donors (Lipinski definition) is 0. The Balaban J connectivity index is 4.95. The molecule has 0 aliphatic heterocycles. The highest BCUT2D eigenvalue weighted by Gasteiger charge is 2.12. The maximum atomic E-state index is 12.0. The lowest BCUT2D eigenvalue weighted by Crippen LogP contribution is -2.24. The van der Waals surface area contributed by atoms with Crippen LogP contribution in [-0.4, -0.2) is 18.0 Å². The summed E-state index contributed by atoms with van der Waals surface area (Å²) >= 11 is 0. The van der Waals surface area contributed by atoms with Gasteiger partial charge in [0.15, 0.2) is 0 Å². The third-order valence-electron chi connectivity index (χ3n) is 4.17. The third kappa shape index (κ3) is 16.1. The number of rotatable bonds is 13. The first kappa shape index (κ1) is 25.9. The van der Waals surface area contributed by atoms with Gasteiger partial charge in [0.25, 0.3) is 0 Å². The average Bonchev–Trinajstić information content (AvgIpc) is 2.57. The maximum Gasteiger partial charge on any atom is 0.306 e. The molecule has 1 atom stereocenters. The highest BCUT2D eigenvalue weighted by atomic mass is 16.5. The van der Waals surface area contributed by atoms with E-state index in [9.17, 15) is 14.7 Å². The van der Waals surface area contributed by atoms with E-state index in [-0.39, 0.29) is 18.9 Å². The van der Waals surface area contributed by atoms with Gasteiger partial charge in [-0.25, -0.2) is 0 Å². The molecule has 0 aromatic carbocycles. The second kappa shape index (κ2) is 14.9. The van der Waals surface area contributed by atoms with Crippen molar-refractivity contribution in [2.75, 3.05) is 0 Å². The van der Waals surface area contributed by atoms with Crippen LogP contribution < -0.4 is 5.11 Å². The van der Waals surface area contributed by atoms with Gasteiger partial charge in [0.05, 0.1) is 6.42 Å². The number of carbonyl (C=O) groups is 2. The van der Waals surface area contributed by atoms with Crippen LogP contribution in [-0.2, 0) is 14.3 Å². The Morgan fingerprint density at radius 1 is 0.786 bits per heavy atom. The smallest absolute Gasteiger partial charge is 0.306 e. The fourth-order valence-electron chi connectivity index (χ4n) is 2.58. The Bertz CT molecular complexity index is 613. The summed E-state index contributed by atoms with van der Waals surface area (Å²) in [4.78, 5) is 22.5. The van der Waals surface area contributed by atoms with Crippen LogP contribution in [0, 0.1) is 0 Å². The minimum absolute atomic E-state index is 0.160. The van der Waals surface area contributed by atoms with Gasteiger partial charge in [-0.15, -0.1) is 0 Å². The summed E-state index contributed by atoms with van der Waals surface area (Å²) in [5.41, 5.74) is 5.00. The summed E-state index contributed by atoms with van der Waals surface area (Å²) in [7, 11) is 0. The van der Waals surface area contributed by atoms with E-state index in [1.54, 1.807) is 0 Å². The van der Waals surface area contributed by atoms with Crippen molar-refractivity contribution < 1.29 is 19.4 Å². The Kier molecular flexibility index (Phi) is 13.8. The number of ether oxygens (including phenoxy) is 1. The zero-order valence-electron chi connectivity index (χ0n) is 18.5. The lowest BCUT2D eigenvalue weighted by Gasteiger charge is -2.15. The van der Waals surface area contributed by atoms with E-state index < -0.39 is 11.9 Å². The van der Waals surface area contributed by atoms with Crippen LogP contribution in [0.15, 0.2) is 46.6 Å². The molecule has 0 aliphatic rings. The van der Waals surface area contributed by atoms with Crippen LogP contribution in [0.1, 0.15) is 86.5 Å². The number of carbonyl (C=O) groups excluding carboxylic acids is 2. The molecule has 158 valence electrons. The first-order chi connectivity index (χ1) is 13.1. The fourth-order valence-corrected chi connectivity index (χ4v) is 2.58. The van der Waals surface area contributed by atoms with E-state index in [0.29, 0.717) is 6.42 Å². The zero-order chi connectivity index (χ0) is 21.5. The average molecular weight is 390 g/mol. The Hall–Kier alpha value is -2.10. The van der Waals surface area contributed by atoms with Crippen molar-refractivity contribution in [2.24, 2.45) is 0 Å². The predicted molar refractivity (Wildman–Crippen MR) is 114 cm³/mol. The van der Waals surface area contributed by atoms with Crippen LogP contribution >= 0.6 is 0 Å². The Morgan fingerprint density at radius 3 is 1.82 bits per heavy atom. The number of aliphatic carboxylic acids is 1. The molecule has 0 aromatic rings. The number of carboxylic acid groups (broad SMARTS) is 1. The lowest BCUT2D eigenvalue weighted by atomic mass is 10.0. The van der Waals surface area contributed by atoms with Crippen molar-refractivity contribution in [2.45, 2.75) is 92.6 Å². The molecule has 0 saturated carbocycles. The van der Waals surface area contributed by atoms with Crippen LogP contribution in [0.25, 0.3) is 0 Å². The van der Waals surface area contributed by atoms with Gasteiger partial charge in [0.2, 0.25) is 0 Å². The SMILES string of the molecule is CC(C)=CCCC(C)=CCC(C=C(C)CCC=C(C)C)OC(=O)CCC(=O)[O-]. The molecule has 0 aromatic heterocycles. The van der Waals surface area contributed by atoms with Crippen molar-refractivity contribution in [3.63, 3.8) is 0 Å². The van der Waals surface area contributed by atoms with Gasteiger partial charge in [-0.1, -0.05) is 40.5 Å². The number of carboxylic acids is 1. The summed E-state index contributed by atoms with van der Waals surface area (Å²) < 4.78 is 5.51. The fraction of sp³-hybridized carbons (Fsp3) is 0.583. The topological polar surface area (TPSA) is 66.4 Å². The normalized spacial score (nSPS) is 12.9. The maximum absolute atomic E-state index is 12.0. The summed E-state index contributed by atoms with van der Waals surface area (Å²) in [6.07, 6.45) is 12.1. The van der Waals surface area contributed by atoms with Gasteiger partial charge < -0.3 is 14.6 Å². The quantitative estimate of drug-likeness (QED) is 0.320. The van der Waals surface area contributed by atoms with E-state index in [1.165, 1.54) is 16.7 Å². The summed E-state index contributed by atoms with van der Waals surface area (Å²) in [6, 6.07) is 0. The van der Waals surface area contributed by atoms with Crippen molar-refractivity contribution in [1.29, 1.82) is 0 Å². The monoisotopic (exact) mass is 389 g/mol. The second-order valence-electron chi connectivity index (χ2n) is 7.84. The standard InChI is InChI=1S/C24H38O4/c1-18(2)9-7-11-20(5)13-14-22(28-24(27)16-15-23(25)26)17-21(6)12-8-10-19(3)4/h9-10,13,17,22H,7-8,11-12,14-16H2,1-6H3,(H,25,26)/p-1. The van der Waals surface area contributed by atoms with Gasteiger partial charge >= 0.3 is 5.97 Å². The second-order valence-corrected chi connectivity index (χ2v) is 7.84. The number of hydrogen-bond acceptors (Lipinski definition) is 4. The van der Waals surface area contributed by atoms with E-state index in [2.05, 4.69) is 52.8 Å². The van der Waals surface area contributed by atoms with Crippen molar-refractivity contribution in [3.8, 4) is 0 Å². The molecule has 0 aliphatic carbocycles. The highest BCUT2D eigenvalue weighted by Crippen LogP contribution is 2.15. The Morgan fingerprint density at radius 2 is 1.32 bits per heavy atom. The van der Waals surface area contributed by atoms with Gasteiger partial charge in [-0.05, 0) is 79.7 Å². The molecule has 1 unspecified atom stereocenters. The van der Waals surface area contributed by atoms with E-state index in [0.717, 1.165) is 31.3 Å². The predicted octanol–water partition coefficient (Wildman–Crippen LogP) is 5.20. The van der Waals surface area contributed by atoms with E-state index >= 15 is 0 Å². The molecule has 28 heavy (non-hydrogen) atoms. The van der Waals surface area contributed by atoms with E-state index in [4.69, 9.17) is 4.74 Å². The van der Waals surface area contributed by atoms with Gasteiger partial charge in [0.1, 0.15) is 6.10 Å². The minimum Gasteiger partial charge on any atom is -0.550 e. The first-order valence-electron chi connectivity index (χ1n) is 10.1. The molecular weight excluding hydrogens is 352 g/mol. The summed E-state index contributed by atoms with van der Waals surface area (Å²) in [5, 5.41) is 10.6. The molecule has 0 saturated heterocycles. The molecule has 0 spiro atoms. The van der Waals surface area contributed by atoms with Crippen molar-refractivity contribution in [3.05, 3.63) is 46.6 Å². The molecule has 0 heterocycles. The van der Waals surface area contributed by atoms with Gasteiger partial charge in [0, 0.05) is 12.4 Å². The molecular formula is C24H37O4-. The molecule has 4 heteroatoms. The largest absolute Gasteiger partial charge is 0.550 e. The van der Waals surface area contributed by atoms with Crippen LogP contribution in [0.5, 0.6) is 0 Å². The lowest BCUT2D eigenvalue weighted by molar-refractivity contribution is -0.305. The first-order valence-corrected chi connectivity index (χ1v) is 10.1. The minimum atomic E-state index is -1.24. The van der Waals surface area contributed by atoms with Gasteiger partial charge in [-0.2, -0.15) is 0 Å². The van der Waals surface area contributed by atoms with E-state index in [1.807, 2.05) is 13.0 Å². The van der Waals surface area contributed by atoms with Gasteiger partial charge in [-0.3, -0.25) is 4.79 Å². The molecule has 0 amide bonds. The number of allylic oxidation sites excluding steroid dienone is 6. The number of esters is 1. The molecule has 0 N–H and O–H groups in total. The molecule has 0 bridgehead atoms. The molecule has 0 rings (SSSR count). The summed E-state index contributed by atoms with van der Waals surface area (Å²) in [6.45, 7) is 12.4. The highest BCUT2D eigenvalue weighted by molar-refractivity contribution is 5.75. The van der Waals surface area contributed by atoms with Crippen LogP contribution in [0.4, 0.5) is 0 Å².